The fourth-order valence-corrected chi connectivity index (χ4v) is 4.22. The first-order valence-corrected chi connectivity index (χ1v) is 9.22. The highest BCUT2D eigenvalue weighted by Gasteiger charge is 2.21. The lowest BCUT2D eigenvalue weighted by molar-refractivity contribution is 1.10. The van der Waals surface area contributed by atoms with Gasteiger partial charge in [0.2, 0.25) is 0 Å². The highest BCUT2D eigenvalue weighted by atomic mass is 32.2. The minimum absolute atomic E-state index is 0.139. The standard InChI is InChI=1S/C22H18N4S/c1-13-9-14(2)20(15(3)10-13)27-22-18(12-24)19(16-7-5-4-6-8-16)17(11-23)21(25)26-22/h4-10H,1-3H3,(H2,25,26). The van der Waals surface area contributed by atoms with Crippen LogP contribution < -0.4 is 5.73 Å². The molecule has 0 unspecified atom stereocenters. The van der Waals surface area contributed by atoms with E-state index in [0.717, 1.165) is 21.6 Å². The van der Waals surface area contributed by atoms with Gasteiger partial charge in [0.25, 0.3) is 0 Å². The van der Waals surface area contributed by atoms with Crippen molar-refractivity contribution in [3.05, 3.63) is 70.3 Å². The molecule has 0 saturated carbocycles. The predicted octanol–water partition coefficient (Wildman–Crippen LogP) is 5.15. The predicted molar refractivity (Wildman–Crippen MR) is 108 cm³/mol. The van der Waals surface area contributed by atoms with Crippen LogP contribution in [0.5, 0.6) is 0 Å². The van der Waals surface area contributed by atoms with Crippen LogP contribution in [0.1, 0.15) is 27.8 Å². The molecule has 132 valence electrons. The first-order valence-electron chi connectivity index (χ1n) is 8.41. The third kappa shape index (κ3) is 3.51. The number of rotatable bonds is 3. The Morgan fingerprint density at radius 3 is 2.07 bits per heavy atom. The van der Waals surface area contributed by atoms with Crippen LogP contribution in [0.4, 0.5) is 5.82 Å². The topological polar surface area (TPSA) is 86.5 Å². The number of nitrogens with two attached hydrogens (primary N) is 1. The third-order valence-corrected chi connectivity index (χ3v) is 5.62. The normalized spacial score (nSPS) is 10.3. The Labute approximate surface area is 163 Å². The number of aryl methyl sites for hydroxylation is 3. The maximum absolute atomic E-state index is 9.88. The molecule has 0 spiro atoms. The number of nitrogen functional groups attached to an aromatic ring is 1. The van der Waals surface area contributed by atoms with Gasteiger partial charge in [0.15, 0.2) is 0 Å². The lowest BCUT2D eigenvalue weighted by atomic mass is 9.97. The number of anilines is 1. The first kappa shape index (κ1) is 18.5. The van der Waals surface area contributed by atoms with Crippen molar-refractivity contribution in [1.82, 2.24) is 4.98 Å². The van der Waals surface area contributed by atoms with Gasteiger partial charge < -0.3 is 5.73 Å². The van der Waals surface area contributed by atoms with Crippen LogP contribution in [0.15, 0.2) is 52.4 Å². The van der Waals surface area contributed by atoms with Crippen molar-refractivity contribution >= 4 is 17.6 Å². The molecule has 0 saturated heterocycles. The summed E-state index contributed by atoms with van der Waals surface area (Å²) in [4.78, 5) is 5.45. The summed E-state index contributed by atoms with van der Waals surface area (Å²) in [6, 6.07) is 17.9. The molecule has 0 bridgehead atoms. The van der Waals surface area contributed by atoms with Gasteiger partial charge in [-0.1, -0.05) is 59.8 Å². The Hall–Kier alpha value is -3.28. The fraction of sp³-hybridized carbons (Fsp3) is 0.136. The summed E-state index contributed by atoms with van der Waals surface area (Å²) >= 11 is 1.42. The summed E-state index contributed by atoms with van der Waals surface area (Å²) in [5.41, 5.74) is 11.4. The van der Waals surface area contributed by atoms with Gasteiger partial charge in [-0.3, -0.25) is 0 Å². The zero-order valence-corrected chi connectivity index (χ0v) is 16.2. The van der Waals surface area contributed by atoms with Crippen LogP contribution >= 0.6 is 11.8 Å². The molecule has 4 nitrogen and oxygen atoms in total. The van der Waals surface area contributed by atoms with E-state index in [1.165, 1.54) is 17.3 Å². The molecule has 0 atom stereocenters. The van der Waals surface area contributed by atoms with E-state index in [-0.39, 0.29) is 11.4 Å². The van der Waals surface area contributed by atoms with E-state index in [9.17, 15) is 10.5 Å². The van der Waals surface area contributed by atoms with Gasteiger partial charge in [-0.05, 0) is 37.5 Å². The minimum atomic E-state index is 0.139. The monoisotopic (exact) mass is 370 g/mol. The maximum Gasteiger partial charge on any atom is 0.143 e. The molecular weight excluding hydrogens is 352 g/mol. The SMILES string of the molecule is Cc1cc(C)c(Sc2nc(N)c(C#N)c(-c3ccccc3)c2C#N)c(C)c1. The molecule has 2 aromatic carbocycles. The molecule has 0 aliphatic heterocycles. The van der Waals surface area contributed by atoms with Crippen LogP contribution in [0.25, 0.3) is 11.1 Å². The molecule has 0 fully saturated rings. The second-order valence-corrected chi connectivity index (χ2v) is 7.35. The second kappa shape index (κ2) is 7.53. The molecule has 0 radical (unpaired) electrons. The van der Waals surface area contributed by atoms with Crippen LogP contribution in [-0.2, 0) is 0 Å². The second-order valence-electron chi connectivity index (χ2n) is 6.35. The van der Waals surface area contributed by atoms with Gasteiger partial charge >= 0.3 is 0 Å². The molecule has 27 heavy (non-hydrogen) atoms. The summed E-state index contributed by atoms with van der Waals surface area (Å²) in [6.07, 6.45) is 0. The molecule has 0 aliphatic carbocycles. The van der Waals surface area contributed by atoms with Crippen LogP contribution in [-0.4, -0.2) is 4.98 Å². The van der Waals surface area contributed by atoms with Gasteiger partial charge in [-0.2, -0.15) is 10.5 Å². The largest absolute Gasteiger partial charge is 0.383 e. The van der Waals surface area contributed by atoms with E-state index in [1.807, 2.05) is 44.2 Å². The zero-order valence-electron chi connectivity index (χ0n) is 15.4. The highest BCUT2D eigenvalue weighted by molar-refractivity contribution is 7.99. The summed E-state index contributed by atoms with van der Waals surface area (Å²) in [7, 11) is 0. The van der Waals surface area contributed by atoms with Crippen molar-refractivity contribution in [2.45, 2.75) is 30.7 Å². The van der Waals surface area contributed by atoms with Gasteiger partial charge in [-0.15, -0.1) is 0 Å². The van der Waals surface area contributed by atoms with E-state index in [0.29, 0.717) is 16.2 Å². The van der Waals surface area contributed by atoms with Crippen LogP contribution in [0, 0.1) is 43.4 Å². The summed E-state index contributed by atoms with van der Waals surface area (Å²) in [5, 5.41) is 20.0. The molecule has 1 aromatic heterocycles. The summed E-state index contributed by atoms with van der Waals surface area (Å²) in [6.45, 7) is 6.14. The fourth-order valence-electron chi connectivity index (χ4n) is 3.19. The number of aromatic nitrogens is 1. The van der Waals surface area contributed by atoms with Gasteiger partial charge in [0.05, 0.1) is 5.56 Å². The van der Waals surface area contributed by atoms with Gasteiger partial charge in [0, 0.05) is 10.5 Å². The van der Waals surface area contributed by atoms with Crippen LogP contribution in [0.2, 0.25) is 0 Å². The smallest absolute Gasteiger partial charge is 0.143 e. The van der Waals surface area contributed by atoms with E-state index in [2.05, 4.69) is 36.2 Å². The average Bonchev–Trinajstić information content (AvgIpc) is 2.64. The number of pyridine rings is 1. The highest BCUT2D eigenvalue weighted by Crippen LogP contribution is 2.40. The number of hydrogen-bond donors (Lipinski definition) is 1. The van der Waals surface area contributed by atoms with Crippen molar-refractivity contribution in [2.75, 3.05) is 5.73 Å². The summed E-state index contributed by atoms with van der Waals surface area (Å²) < 4.78 is 0. The number of nitrogens with zero attached hydrogens (tertiary/aromatic N) is 3. The minimum Gasteiger partial charge on any atom is -0.383 e. The van der Waals surface area contributed by atoms with Crippen molar-refractivity contribution in [3.63, 3.8) is 0 Å². The van der Waals surface area contributed by atoms with Crippen molar-refractivity contribution in [2.24, 2.45) is 0 Å². The Morgan fingerprint density at radius 1 is 0.926 bits per heavy atom. The number of nitriles is 2. The molecule has 5 heteroatoms. The quantitative estimate of drug-likeness (QED) is 0.689. The van der Waals surface area contributed by atoms with Gasteiger partial charge in [-0.25, -0.2) is 4.98 Å². The number of hydrogen-bond acceptors (Lipinski definition) is 5. The molecule has 3 rings (SSSR count). The first-order chi connectivity index (χ1) is 13.0. The van der Waals surface area contributed by atoms with Crippen LogP contribution in [0.3, 0.4) is 0 Å². The van der Waals surface area contributed by atoms with E-state index in [4.69, 9.17) is 5.73 Å². The molecular formula is C22H18N4S. The lowest BCUT2D eigenvalue weighted by Gasteiger charge is -2.15. The maximum atomic E-state index is 9.88. The Balaban J connectivity index is 2.26. The molecule has 0 aliphatic rings. The van der Waals surface area contributed by atoms with Gasteiger partial charge in [0.1, 0.15) is 28.5 Å². The third-order valence-electron chi connectivity index (χ3n) is 4.28. The molecule has 1 heterocycles. The Bertz CT molecular complexity index is 1080. The average molecular weight is 370 g/mol. The Morgan fingerprint density at radius 2 is 1.52 bits per heavy atom. The number of benzene rings is 2. The van der Waals surface area contributed by atoms with E-state index >= 15 is 0 Å². The molecule has 0 amide bonds. The summed E-state index contributed by atoms with van der Waals surface area (Å²) in [5.74, 6) is 0.139. The molecule has 2 N–H and O–H groups in total. The molecule has 3 aromatic rings. The van der Waals surface area contributed by atoms with Crippen molar-refractivity contribution in [1.29, 1.82) is 10.5 Å². The van der Waals surface area contributed by atoms with Crippen molar-refractivity contribution < 1.29 is 0 Å². The lowest BCUT2D eigenvalue weighted by Crippen LogP contribution is -2.03. The Kier molecular flexibility index (Phi) is 5.16. The van der Waals surface area contributed by atoms with E-state index < -0.39 is 0 Å². The van der Waals surface area contributed by atoms with E-state index in [1.54, 1.807) is 0 Å². The zero-order chi connectivity index (χ0) is 19.6. The van der Waals surface area contributed by atoms with Crippen molar-refractivity contribution in [3.8, 4) is 23.3 Å².